The summed E-state index contributed by atoms with van der Waals surface area (Å²) in [6, 6.07) is 7.98. The van der Waals surface area contributed by atoms with E-state index in [1.165, 1.54) is 0 Å². The molecule has 7 heteroatoms. The van der Waals surface area contributed by atoms with Gasteiger partial charge in [-0.15, -0.1) is 5.10 Å². The average molecular weight is 336 g/mol. The predicted molar refractivity (Wildman–Crippen MR) is 78.5 cm³/mol. The van der Waals surface area contributed by atoms with E-state index in [4.69, 9.17) is 0 Å². The van der Waals surface area contributed by atoms with Crippen molar-refractivity contribution >= 4 is 27.5 Å². The molecule has 1 aromatic heterocycles. The zero-order valence-corrected chi connectivity index (χ0v) is 12.5. The fourth-order valence-corrected chi connectivity index (χ4v) is 2.04. The van der Waals surface area contributed by atoms with Gasteiger partial charge in [0.25, 0.3) is 0 Å². The van der Waals surface area contributed by atoms with E-state index in [0.717, 1.165) is 29.9 Å². The SMILES string of the molecule is CC(Br)C(=O)Nc1cccc(-c2nnnn2C2CC2)c1. The number of hydrogen-bond acceptors (Lipinski definition) is 4. The highest BCUT2D eigenvalue weighted by Crippen LogP contribution is 2.36. The summed E-state index contributed by atoms with van der Waals surface area (Å²) in [5.74, 6) is 0.666. The predicted octanol–water partition coefficient (Wildman–Crippen LogP) is 2.40. The molecule has 0 bridgehead atoms. The highest BCUT2D eigenvalue weighted by atomic mass is 79.9. The molecule has 1 aliphatic rings. The van der Waals surface area contributed by atoms with Crippen LogP contribution in [0.1, 0.15) is 25.8 Å². The molecule has 0 aliphatic heterocycles. The monoisotopic (exact) mass is 335 g/mol. The molecule has 3 rings (SSSR count). The maximum absolute atomic E-state index is 11.7. The van der Waals surface area contributed by atoms with Gasteiger partial charge in [-0.2, -0.15) is 0 Å². The molecule has 1 heterocycles. The van der Waals surface area contributed by atoms with Gasteiger partial charge < -0.3 is 5.32 Å². The lowest BCUT2D eigenvalue weighted by atomic mass is 10.2. The van der Waals surface area contributed by atoms with Gasteiger partial charge in [0.15, 0.2) is 5.82 Å². The summed E-state index contributed by atoms with van der Waals surface area (Å²) in [4.78, 5) is 11.5. The van der Waals surface area contributed by atoms with Crippen LogP contribution in [0.15, 0.2) is 24.3 Å². The second-order valence-electron chi connectivity index (χ2n) is 4.86. The summed E-state index contributed by atoms with van der Waals surface area (Å²) in [5.41, 5.74) is 1.64. The molecule has 1 aliphatic carbocycles. The molecule has 1 aromatic carbocycles. The Kier molecular flexibility index (Phi) is 3.52. The summed E-state index contributed by atoms with van der Waals surface area (Å²) in [6.07, 6.45) is 2.24. The van der Waals surface area contributed by atoms with E-state index in [9.17, 15) is 4.79 Å². The molecular weight excluding hydrogens is 322 g/mol. The standard InChI is InChI=1S/C13H14BrN5O/c1-8(14)13(20)15-10-4-2-3-9(7-10)12-16-17-18-19(12)11-5-6-11/h2-4,7-8,11H,5-6H2,1H3,(H,15,20). The Bertz CT molecular complexity index is 635. The minimum absolute atomic E-state index is 0.0797. The van der Waals surface area contributed by atoms with Crippen molar-refractivity contribution in [1.82, 2.24) is 20.2 Å². The number of aromatic nitrogens is 4. The molecule has 0 spiro atoms. The first-order valence-electron chi connectivity index (χ1n) is 6.48. The molecule has 0 saturated heterocycles. The Morgan fingerprint density at radius 3 is 3.00 bits per heavy atom. The molecule has 1 fully saturated rings. The first-order valence-corrected chi connectivity index (χ1v) is 7.40. The highest BCUT2D eigenvalue weighted by molar-refractivity contribution is 9.10. The van der Waals surface area contributed by atoms with Crippen molar-refractivity contribution in [3.05, 3.63) is 24.3 Å². The number of alkyl halides is 1. The largest absolute Gasteiger partial charge is 0.325 e. The van der Waals surface area contributed by atoms with Gasteiger partial charge in [0.05, 0.1) is 10.9 Å². The van der Waals surface area contributed by atoms with E-state index in [2.05, 4.69) is 36.8 Å². The summed E-state index contributed by atoms with van der Waals surface area (Å²) in [5, 5.41) is 14.7. The molecular formula is C13H14BrN5O. The van der Waals surface area contributed by atoms with Crippen LogP contribution in [0.4, 0.5) is 5.69 Å². The number of carbonyl (C=O) groups excluding carboxylic acids is 1. The first kappa shape index (κ1) is 13.2. The minimum atomic E-state index is -0.233. The molecule has 104 valence electrons. The van der Waals surface area contributed by atoms with Crippen LogP contribution in [0, 0.1) is 0 Å². The number of amides is 1. The van der Waals surface area contributed by atoms with Gasteiger partial charge in [-0.05, 0) is 42.3 Å². The third-order valence-corrected chi connectivity index (χ3v) is 3.55. The normalized spacial score (nSPS) is 15.9. The van der Waals surface area contributed by atoms with Crippen molar-refractivity contribution in [3.8, 4) is 11.4 Å². The van der Waals surface area contributed by atoms with Crippen molar-refractivity contribution in [2.45, 2.75) is 30.6 Å². The van der Waals surface area contributed by atoms with Crippen molar-refractivity contribution in [3.63, 3.8) is 0 Å². The van der Waals surface area contributed by atoms with E-state index >= 15 is 0 Å². The van der Waals surface area contributed by atoms with E-state index in [0.29, 0.717) is 6.04 Å². The van der Waals surface area contributed by atoms with Crippen LogP contribution >= 0.6 is 15.9 Å². The number of benzene rings is 1. The van der Waals surface area contributed by atoms with Crippen molar-refractivity contribution in [1.29, 1.82) is 0 Å². The molecule has 6 nitrogen and oxygen atoms in total. The second-order valence-corrected chi connectivity index (χ2v) is 6.24. The number of halogens is 1. The minimum Gasteiger partial charge on any atom is -0.325 e. The highest BCUT2D eigenvalue weighted by Gasteiger charge is 2.28. The van der Waals surface area contributed by atoms with Crippen LogP contribution in [-0.2, 0) is 4.79 Å². The van der Waals surface area contributed by atoms with Gasteiger partial charge in [-0.25, -0.2) is 4.68 Å². The topological polar surface area (TPSA) is 72.7 Å². The number of anilines is 1. The van der Waals surface area contributed by atoms with Gasteiger partial charge >= 0.3 is 0 Å². The van der Waals surface area contributed by atoms with Gasteiger partial charge in [-0.1, -0.05) is 28.1 Å². The Labute approximate surface area is 124 Å². The summed E-state index contributed by atoms with van der Waals surface area (Å²) in [6.45, 7) is 1.78. The molecule has 2 aromatic rings. The van der Waals surface area contributed by atoms with Crippen LogP contribution in [0.25, 0.3) is 11.4 Å². The van der Waals surface area contributed by atoms with Crippen molar-refractivity contribution in [2.75, 3.05) is 5.32 Å². The maximum atomic E-state index is 11.7. The zero-order chi connectivity index (χ0) is 14.1. The zero-order valence-electron chi connectivity index (χ0n) is 11.0. The molecule has 1 unspecified atom stereocenters. The Hall–Kier alpha value is -1.76. The van der Waals surface area contributed by atoms with E-state index in [1.807, 2.05) is 28.9 Å². The van der Waals surface area contributed by atoms with Crippen molar-refractivity contribution in [2.24, 2.45) is 0 Å². The third-order valence-electron chi connectivity index (χ3n) is 3.14. The first-order chi connectivity index (χ1) is 9.65. The molecule has 0 radical (unpaired) electrons. The number of hydrogen-bond donors (Lipinski definition) is 1. The maximum Gasteiger partial charge on any atom is 0.237 e. The summed E-state index contributed by atoms with van der Waals surface area (Å²) < 4.78 is 1.86. The fraction of sp³-hybridized carbons (Fsp3) is 0.385. The van der Waals surface area contributed by atoms with Crippen LogP contribution in [-0.4, -0.2) is 30.9 Å². The van der Waals surface area contributed by atoms with Gasteiger partial charge in [0, 0.05) is 11.3 Å². The second kappa shape index (κ2) is 5.32. The quantitative estimate of drug-likeness (QED) is 0.870. The smallest absolute Gasteiger partial charge is 0.237 e. The van der Waals surface area contributed by atoms with Crippen LogP contribution in [0.5, 0.6) is 0 Å². The lowest BCUT2D eigenvalue weighted by Gasteiger charge is -2.08. The van der Waals surface area contributed by atoms with Crippen LogP contribution in [0.3, 0.4) is 0 Å². The molecule has 1 amide bonds. The van der Waals surface area contributed by atoms with E-state index in [-0.39, 0.29) is 10.7 Å². The van der Waals surface area contributed by atoms with Crippen LogP contribution < -0.4 is 5.32 Å². The third kappa shape index (κ3) is 2.72. The van der Waals surface area contributed by atoms with E-state index in [1.54, 1.807) is 6.92 Å². The van der Waals surface area contributed by atoms with Gasteiger partial charge in [-0.3, -0.25) is 4.79 Å². The number of rotatable bonds is 4. The van der Waals surface area contributed by atoms with Crippen molar-refractivity contribution < 1.29 is 4.79 Å². The molecule has 20 heavy (non-hydrogen) atoms. The lowest BCUT2D eigenvalue weighted by Crippen LogP contribution is -2.19. The summed E-state index contributed by atoms with van der Waals surface area (Å²) in [7, 11) is 0. The number of nitrogens with one attached hydrogen (secondary N) is 1. The summed E-state index contributed by atoms with van der Waals surface area (Å²) >= 11 is 3.24. The number of carbonyl (C=O) groups is 1. The lowest BCUT2D eigenvalue weighted by molar-refractivity contribution is -0.115. The number of nitrogens with zero attached hydrogens (tertiary/aromatic N) is 4. The Morgan fingerprint density at radius 1 is 1.50 bits per heavy atom. The molecule has 1 N–H and O–H groups in total. The average Bonchev–Trinajstić information content (AvgIpc) is 3.16. The number of tetrazole rings is 1. The Morgan fingerprint density at radius 2 is 2.30 bits per heavy atom. The molecule has 1 saturated carbocycles. The van der Waals surface area contributed by atoms with E-state index < -0.39 is 0 Å². The Balaban J connectivity index is 1.87. The fourth-order valence-electron chi connectivity index (χ4n) is 1.93. The van der Waals surface area contributed by atoms with Crippen LogP contribution in [0.2, 0.25) is 0 Å². The van der Waals surface area contributed by atoms with Gasteiger partial charge in [0.2, 0.25) is 5.91 Å². The van der Waals surface area contributed by atoms with Gasteiger partial charge in [0.1, 0.15) is 0 Å². The molecule has 1 atom stereocenters.